The second-order valence-electron chi connectivity index (χ2n) is 12.3. The van der Waals surface area contributed by atoms with E-state index in [1.807, 2.05) is 25.7 Å². The van der Waals surface area contributed by atoms with Gasteiger partial charge in [0.2, 0.25) is 0 Å². The molecule has 3 saturated heterocycles. The molecule has 0 N–H and O–H groups in total. The summed E-state index contributed by atoms with van der Waals surface area (Å²) in [4.78, 5) is 19.3. The smallest absolute Gasteiger partial charge is 0.444 e. The summed E-state index contributed by atoms with van der Waals surface area (Å²) in [5.74, 6) is 0. The van der Waals surface area contributed by atoms with E-state index in [1.54, 1.807) is 0 Å². The van der Waals surface area contributed by atoms with E-state index in [0.29, 0.717) is 6.04 Å². The summed E-state index contributed by atoms with van der Waals surface area (Å²) in [6, 6.07) is 9.32. The summed E-state index contributed by atoms with van der Waals surface area (Å²) in [6.07, 6.45) is 2.17. The molecule has 3 fully saturated rings. The minimum absolute atomic E-state index is 0.184. The third-order valence-electron chi connectivity index (χ3n) is 7.95. The van der Waals surface area contributed by atoms with Gasteiger partial charge in [0.1, 0.15) is 5.60 Å². The monoisotopic (exact) mass is 485 g/mol. The average Bonchev–Trinajstić information content (AvgIpc) is 3.00. The van der Waals surface area contributed by atoms with Crippen molar-refractivity contribution < 1.29 is 18.8 Å². The SMILES string of the molecule is CC(C)(C)OC(=O)N1CCN(C2CCN(Cc3ccc(B4OC(C)(C)C(C)(C)O4)cc3)CC2)CC1. The van der Waals surface area contributed by atoms with Crippen molar-refractivity contribution in [3.8, 4) is 0 Å². The lowest BCUT2D eigenvalue weighted by molar-refractivity contribution is 0.00558. The van der Waals surface area contributed by atoms with Crippen LogP contribution in [0.3, 0.4) is 0 Å². The van der Waals surface area contributed by atoms with Crippen LogP contribution in [-0.4, -0.2) is 90.0 Å². The minimum Gasteiger partial charge on any atom is -0.444 e. The number of amides is 1. The molecule has 3 aliphatic heterocycles. The molecule has 3 heterocycles. The summed E-state index contributed by atoms with van der Waals surface area (Å²) in [7, 11) is -0.305. The van der Waals surface area contributed by atoms with E-state index in [0.717, 1.165) is 51.3 Å². The highest BCUT2D eigenvalue weighted by Crippen LogP contribution is 2.36. The van der Waals surface area contributed by atoms with Crippen molar-refractivity contribution in [3.05, 3.63) is 29.8 Å². The molecule has 0 radical (unpaired) electrons. The van der Waals surface area contributed by atoms with E-state index in [-0.39, 0.29) is 24.4 Å². The summed E-state index contributed by atoms with van der Waals surface area (Å²) < 4.78 is 17.9. The predicted molar refractivity (Wildman–Crippen MR) is 140 cm³/mol. The number of likely N-dealkylation sites (tertiary alicyclic amines) is 1. The van der Waals surface area contributed by atoms with Gasteiger partial charge in [-0.3, -0.25) is 9.80 Å². The molecule has 0 aromatic heterocycles. The van der Waals surface area contributed by atoms with Gasteiger partial charge in [0.25, 0.3) is 0 Å². The van der Waals surface area contributed by atoms with Crippen molar-refractivity contribution >= 4 is 18.7 Å². The van der Waals surface area contributed by atoms with Gasteiger partial charge in [0.15, 0.2) is 0 Å². The zero-order valence-electron chi connectivity index (χ0n) is 22.8. The number of rotatable bonds is 4. The molecular formula is C27H44BN3O4. The molecule has 194 valence electrons. The lowest BCUT2D eigenvalue weighted by Crippen LogP contribution is -2.54. The van der Waals surface area contributed by atoms with Crippen molar-refractivity contribution in [2.24, 2.45) is 0 Å². The van der Waals surface area contributed by atoms with Crippen LogP contribution < -0.4 is 5.46 Å². The molecule has 7 nitrogen and oxygen atoms in total. The van der Waals surface area contributed by atoms with Gasteiger partial charge in [-0.15, -0.1) is 0 Å². The van der Waals surface area contributed by atoms with Gasteiger partial charge in [0, 0.05) is 38.8 Å². The summed E-state index contributed by atoms with van der Waals surface area (Å²) in [6.45, 7) is 20.7. The zero-order chi connectivity index (χ0) is 25.4. The first kappa shape index (κ1) is 26.5. The molecule has 0 saturated carbocycles. The molecule has 4 rings (SSSR count). The van der Waals surface area contributed by atoms with Crippen molar-refractivity contribution in [1.29, 1.82) is 0 Å². The number of piperidine rings is 1. The predicted octanol–water partition coefficient (Wildman–Crippen LogP) is 3.50. The molecule has 35 heavy (non-hydrogen) atoms. The van der Waals surface area contributed by atoms with E-state index in [1.165, 1.54) is 18.4 Å². The number of carbonyl (C=O) groups is 1. The molecule has 0 aliphatic carbocycles. The maximum absolute atomic E-state index is 12.3. The van der Waals surface area contributed by atoms with E-state index in [9.17, 15) is 4.79 Å². The normalized spacial score (nSPS) is 24.1. The van der Waals surface area contributed by atoms with Crippen LogP contribution in [-0.2, 0) is 20.6 Å². The highest BCUT2D eigenvalue weighted by Gasteiger charge is 2.51. The van der Waals surface area contributed by atoms with E-state index >= 15 is 0 Å². The first-order valence-electron chi connectivity index (χ1n) is 13.2. The maximum atomic E-state index is 12.3. The number of carbonyl (C=O) groups excluding carboxylic acids is 1. The summed E-state index contributed by atoms with van der Waals surface area (Å²) in [5, 5.41) is 0. The summed E-state index contributed by atoms with van der Waals surface area (Å²) in [5.41, 5.74) is 1.34. The van der Waals surface area contributed by atoms with Crippen molar-refractivity contribution in [3.63, 3.8) is 0 Å². The third-order valence-corrected chi connectivity index (χ3v) is 7.95. The number of ether oxygens (including phenoxy) is 1. The van der Waals surface area contributed by atoms with Crippen LogP contribution >= 0.6 is 0 Å². The zero-order valence-corrected chi connectivity index (χ0v) is 22.8. The Hall–Kier alpha value is -1.61. The first-order chi connectivity index (χ1) is 16.3. The fourth-order valence-electron chi connectivity index (χ4n) is 5.06. The van der Waals surface area contributed by atoms with Crippen molar-refractivity contribution in [2.45, 2.75) is 90.7 Å². The lowest BCUT2D eigenvalue weighted by Gasteiger charge is -2.42. The second kappa shape index (κ2) is 10.0. The van der Waals surface area contributed by atoms with Gasteiger partial charge in [-0.1, -0.05) is 24.3 Å². The Morgan fingerprint density at radius 3 is 2.00 bits per heavy atom. The highest BCUT2D eigenvalue weighted by molar-refractivity contribution is 6.62. The Morgan fingerprint density at radius 1 is 0.943 bits per heavy atom. The quantitative estimate of drug-likeness (QED) is 0.609. The van der Waals surface area contributed by atoms with Crippen molar-refractivity contribution in [1.82, 2.24) is 14.7 Å². The van der Waals surface area contributed by atoms with Crippen LogP contribution in [0.2, 0.25) is 0 Å². The maximum Gasteiger partial charge on any atom is 0.494 e. The fraction of sp³-hybridized carbons (Fsp3) is 0.741. The number of hydrogen-bond acceptors (Lipinski definition) is 6. The number of benzene rings is 1. The van der Waals surface area contributed by atoms with Gasteiger partial charge < -0.3 is 18.9 Å². The van der Waals surface area contributed by atoms with E-state index in [2.05, 4.69) is 61.8 Å². The number of nitrogens with zero attached hydrogens (tertiary/aromatic N) is 3. The molecule has 1 amide bonds. The van der Waals surface area contributed by atoms with Crippen molar-refractivity contribution in [2.75, 3.05) is 39.3 Å². The first-order valence-corrected chi connectivity index (χ1v) is 13.2. The molecule has 8 heteroatoms. The van der Waals surface area contributed by atoms with Crippen LogP contribution in [0, 0.1) is 0 Å². The molecule has 1 aromatic rings. The Kier molecular flexibility index (Phi) is 7.59. The number of hydrogen-bond donors (Lipinski definition) is 0. The highest BCUT2D eigenvalue weighted by atomic mass is 16.7. The van der Waals surface area contributed by atoms with Gasteiger partial charge >= 0.3 is 13.2 Å². The molecule has 3 aliphatic rings. The van der Waals surface area contributed by atoms with E-state index in [4.69, 9.17) is 14.0 Å². The average molecular weight is 485 g/mol. The van der Waals surface area contributed by atoms with Crippen LogP contribution in [0.4, 0.5) is 4.79 Å². The fourth-order valence-corrected chi connectivity index (χ4v) is 5.06. The standard InChI is InChI=1S/C27H44BN3O4/c1-25(2,3)33-24(32)31-18-16-30(17-19-31)23-12-14-29(15-13-23)20-21-8-10-22(11-9-21)28-34-26(4,5)27(6,7)35-28/h8-11,23H,12-20H2,1-7H3. The minimum atomic E-state index is -0.437. The van der Waals surface area contributed by atoms with Gasteiger partial charge in [-0.05, 0) is 85.4 Å². The topological polar surface area (TPSA) is 54.5 Å². The lowest BCUT2D eigenvalue weighted by atomic mass is 9.79. The molecule has 1 aromatic carbocycles. The second-order valence-corrected chi connectivity index (χ2v) is 12.3. The molecule has 0 unspecified atom stereocenters. The Labute approximate surface area is 212 Å². The van der Waals surface area contributed by atoms with Crippen LogP contribution in [0.1, 0.15) is 66.9 Å². The van der Waals surface area contributed by atoms with Crippen LogP contribution in [0.5, 0.6) is 0 Å². The van der Waals surface area contributed by atoms with Crippen LogP contribution in [0.25, 0.3) is 0 Å². The Morgan fingerprint density at radius 2 is 1.49 bits per heavy atom. The summed E-state index contributed by atoms with van der Waals surface area (Å²) >= 11 is 0. The molecule has 0 atom stereocenters. The third kappa shape index (κ3) is 6.40. The van der Waals surface area contributed by atoms with Gasteiger partial charge in [-0.2, -0.15) is 0 Å². The molecular weight excluding hydrogens is 441 g/mol. The number of piperazine rings is 1. The Bertz CT molecular complexity index is 851. The molecule has 0 spiro atoms. The largest absolute Gasteiger partial charge is 0.494 e. The van der Waals surface area contributed by atoms with Gasteiger partial charge in [-0.25, -0.2) is 4.79 Å². The van der Waals surface area contributed by atoms with E-state index < -0.39 is 5.60 Å². The van der Waals surface area contributed by atoms with Crippen LogP contribution in [0.15, 0.2) is 24.3 Å². The van der Waals surface area contributed by atoms with Gasteiger partial charge in [0.05, 0.1) is 11.2 Å². The molecule has 0 bridgehead atoms. The Balaban J connectivity index is 1.21.